The molecule has 1 aliphatic carbocycles. The normalized spacial score (nSPS) is 19.7. The number of nitrogens with one attached hydrogen (secondary N) is 2. The summed E-state index contributed by atoms with van der Waals surface area (Å²) >= 11 is 0. The Kier molecular flexibility index (Phi) is 5.45. The lowest BCUT2D eigenvalue weighted by Gasteiger charge is -2.29. The van der Waals surface area contributed by atoms with Crippen molar-refractivity contribution in [1.29, 1.82) is 0 Å². The third kappa shape index (κ3) is 4.16. The van der Waals surface area contributed by atoms with Gasteiger partial charge in [-0.25, -0.2) is 9.59 Å². The summed E-state index contributed by atoms with van der Waals surface area (Å²) in [5, 5.41) is 12.5. The molecule has 1 aromatic heterocycles. The van der Waals surface area contributed by atoms with Gasteiger partial charge >= 0.3 is 11.7 Å². The molecule has 0 aliphatic heterocycles. The quantitative estimate of drug-likeness (QED) is 0.841. The van der Waals surface area contributed by atoms with Crippen LogP contribution < -0.4 is 16.3 Å². The van der Waals surface area contributed by atoms with Crippen LogP contribution in [0.4, 0.5) is 4.79 Å². The molecule has 9 heteroatoms. The zero-order valence-electron chi connectivity index (χ0n) is 14.6. The van der Waals surface area contributed by atoms with Crippen molar-refractivity contribution in [2.24, 2.45) is 5.92 Å². The van der Waals surface area contributed by atoms with Gasteiger partial charge in [-0.05, 0) is 41.3 Å². The first-order valence-electron chi connectivity index (χ1n) is 8.73. The number of carbonyl (C=O) groups is 2. The Balaban J connectivity index is 1.57. The van der Waals surface area contributed by atoms with Crippen molar-refractivity contribution in [3.05, 3.63) is 40.8 Å². The first-order valence-corrected chi connectivity index (χ1v) is 8.73. The maximum absolute atomic E-state index is 12.3. The highest BCUT2D eigenvalue weighted by Gasteiger charge is 2.23. The molecule has 2 N–H and O–H groups in total. The van der Waals surface area contributed by atoms with Crippen molar-refractivity contribution in [3.63, 3.8) is 0 Å². The van der Waals surface area contributed by atoms with Crippen LogP contribution in [0.25, 0.3) is 5.69 Å². The van der Waals surface area contributed by atoms with E-state index >= 15 is 0 Å². The second kappa shape index (κ2) is 7.94. The lowest BCUT2D eigenvalue weighted by Crippen LogP contribution is -2.48. The second-order valence-corrected chi connectivity index (χ2v) is 6.56. The Bertz CT molecular complexity index is 829. The molecular formula is C17H22N6O3. The van der Waals surface area contributed by atoms with Crippen molar-refractivity contribution in [3.8, 4) is 5.69 Å². The Labute approximate surface area is 150 Å². The largest absolute Gasteiger partial charge is 0.368 e. The van der Waals surface area contributed by atoms with Gasteiger partial charge in [0, 0.05) is 6.04 Å². The second-order valence-electron chi connectivity index (χ2n) is 6.56. The van der Waals surface area contributed by atoms with Gasteiger partial charge in [0.15, 0.2) is 0 Å². The Hall–Kier alpha value is -2.97. The summed E-state index contributed by atoms with van der Waals surface area (Å²) in [6.45, 7) is 1.71. The maximum atomic E-state index is 12.3. The molecule has 1 saturated carbocycles. The fourth-order valence-electron chi connectivity index (χ4n) is 3.14. The fourth-order valence-corrected chi connectivity index (χ4v) is 3.14. The van der Waals surface area contributed by atoms with Gasteiger partial charge in [0.05, 0.1) is 5.69 Å². The van der Waals surface area contributed by atoms with Gasteiger partial charge in [0.2, 0.25) is 5.91 Å². The van der Waals surface area contributed by atoms with Crippen LogP contribution in [0.15, 0.2) is 35.1 Å². The van der Waals surface area contributed by atoms with Crippen molar-refractivity contribution in [2.75, 3.05) is 0 Å². The van der Waals surface area contributed by atoms with E-state index in [1.165, 1.54) is 6.42 Å². The number of rotatable bonds is 4. The van der Waals surface area contributed by atoms with Crippen LogP contribution in [0.5, 0.6) is 0 Å². The maximum Gasteiger partial charge on any atom is 0.368 e. The summed E-state index contributed by atoms with van der Waals surface area (Å²) in [5.74, 6) is -0.230. The van der Waals surface area contributed by atoms with Gasteiger partial charge in [0.25, 0.3) is 0 Å². The highest BCUT2D eigenvalue weighted by Crippen LogP contribution is 2.23. The minimum atomic E-state index is -0.617. The van der Waals surface area contributed by atoms with E-state index in [2.05, 4.69) is 28.0 Å². The first-order chi connectivity index (χ1) is 12.5. The number of nitrogens with zero attached hydrogens (tertiary/aromatic N) is 4. The van der Waals surface area contributed by atoms with E-state index in [0.29, 0.717) is 11.6 Å². The highest BCUT2D eigenvalue weighted by molar-refractivity contribution is 5.94. The minimum absolute atomic E-state index is 0.0678. The van der Waals surface area contributed by atoms with E-state index < -0.39 is 17.6 Å². The molecule has 0 bridgehead atoms. The van der Waals surface area contributed by atoms with E-state index in [0.717, 1.165) is 28.6 Å². The topological polar surface area (TPSA) is 111 Å². The molecule has 2 atom stereocenters. The van der Waals surface area contributed by atoms with Crippen molar-refractivity contribution in [2.45, 2.75) is 45.2 Å². The van der Waals surface area contributed by atoms with Crippen LogP contribution in [0.2, 0.25) is 0 Å². The SMILES string of the molecule is CC1CCCCC1NC(=O)NC(=O)Cn1nnn(-c2ccccc2)c1=O. The highest BCUT2D eigenvalue weighted by atomic mass is 16.2. The number of tetrazole rings is 1. The average molecular weight is 358 g/mol. The molecular weight excluding hydrogens is 336 g/mol. The van der Waals surface area contributed by atoms with Crippen molar-refractivity contribution >= 4 is 11.9 Å². The lowest BCUT2D eigenvalue weighted by atomic mass is 9.86. The molecule has 9 nitrogen and oxygen atoms in total. The minimum Gasteiger partial charge on any atom is -0.335 e. The summed E-state index contributed by atoms with van der Waals surface area (Å²) in [4.78, 5) is 36.3. The predicted octanol–water partition coefficient (Wildman–Crippen LogP) is 0.833. The van der Waals surface area contributed by atoms with E-state index in [9.17, 15) is 14.4 Å². The number of benzene rings is 1. The zero-order valence-corrected chi connectivity index (χ0v) is 14.6. The molecule has 1 aliphatic rings. The summed E-state index contributed by atoms with van der Waals surface area (Å²) in [6, 6.07) is 8.29. The number of urea groups is 1. The molecule has 3 rings (SSSR count). The number of imide groups is 1. The molecule has 0 radical (unpaired) electrons. The summed E-state index contributed by atoms with van der Waals surface area (Å²) < 4.78 is 2.01. The average Bonchev–Trinajstić information content (AvgIpc) is 2.98. The molecule has 1 fully saturated rings. The summed E-state index contributed by atoms with van der Waals surface area (Å²) in [7, 11) is 0. The van der Waals surface area contributed by atoms with Crippen LogP contribution in [-0.2, 0) is 11.3 Å². The molecule has 138 valence electrons. The fraction of sp³-hybridized carbons (Fsp3) is 0.471. The van der Waals surface area contributed by atoms with Crippen LogP contribution in [0.3, 0.4) is 0 Å². The van der Waals surface area contributed by atoms with Crippen molar-refractivity contribution in [1.82, 2.24) is 30.4 Å². The molecule has 1 aromatic carbocycles. The Morgan fingerprint density at radius 3 is 2.62 bits per heavy atom. The smallest absolute Gasteiger partial charge is 0.335 e. The summed E-state index contributed by atoms with van der Waals surface area (Å²) in [6.07, 6.45) is 4.21. The Morgan fingerprint density at radius 2 is 1.88 bits per heavy atom. The van der Waals surface area contributed by atoms with E-state index in [4.69, 9.17) is 0 Å². The zero-order chi connectivity index (χ0) is 18.5. The van der Waals surface area contributed by atoms with Gasteiger partial charge < -0.3 is 5.32 Å². The van der Waals surface area contributed by atoms with Gasteiger partial charge in [-0.2, -0.15) is 9.36 Å². The lowest BCUT2D eigenvalue weighted by molar-refractivity contribution is -0.120. The van der Waals surface area contributed by atoms with Crippen LogP contribution in [0.1, 0.15) is 32.6 Å². The number of carbonyl (C=O) groups excluding carboxylic acids is 2. The van der Waals surface area contributed by atoms with Crippen LogP contribution >= 0.6 is 0 Å². The number of aromatic nitrogens is 4. The van der Waals surface area contributed by atoms with E-state index in [-0.39, 0.29) is 12.6 Å². The van der Waals surface area contributed by atoms with Crippen LogP contribution in [0, 0.1) is 5.92 Å². The standard InChI is InChI=1S/C17H22N6O3/c1-12-7-5-6-10-14(12)18-16(25)19-15(24)11-22-17(26)23(21-20-22)13-8-3-2-4-9-13/h2-4,8-9,12,14H,5-7,10-11H2,1H3,(H2,18,19,24,25). The third-order valence-electron chi connectivity index (χ3n) is 4.61. The van der Waals surface area contributed by atoms with Gasteiger partial charge in [-0.1, -0.05) is 38.0 Å². The van der Waals surface area contributed by atoms with Gasteiger partial charge in [-0.15, -0.1) is 0 Å². The molecule has 2 aromatic rings. The third-order valence-corrected chi connectivity index (χ3v) is 4.61. The van der Waals surface area contributed by atoms with Gasteiger partial charge in [0.1, 0.15) is 6.54 Å². The molecule has 0 spiro atoms. The van der Waals surface area contributed by atoms with E-state index in [1.54, 1.807) is 24.3 Å². The predicted molar refractivity (Wildman–Crippen MR) is 93.7 cm³/mol. The Morgan fingerprint density at radius 1 is 1.15 bits per heavy atom. The molecule has 3 amide bonds. The van der Waals surface area contributed by atoms with E-state index in [1.807, 2.05) is 6.07 Å². The molecule has 26 heavy (non-hydrogen) atoms. The molecule has 2 unspecified atom stereocenters. The number of para-hydroxylation sites is 1. The monoisotopic (exact) mass is 358 g/mol. The first kappa shape index (κ1) is 17.8. The number of hydrogen-bond donors (Lipinski definition) is 2. The summed E-state index contributed by atoms with van der Waals surface area (Å²) in [5.41, 5.74) is 0.000785. The molecule has 0 saturated heterocycles. The van der Waals surface area contributed by atoms with Crippen LogP contribution in [-0.4, -0.2) is 37.8 Å². The number of amides is 3. The van der Waals surface area contributed by atoms with Gasteiger partial charge in [-0.3, -0.25) is 10.1 Å². The number of hydrogen-bond acceptors (Lipinski definition) is 5. The molecule has 1 heterocycles. The van der Waals surface area contributed by atoms with Crippen molar-refractivity contribution < 1.29 is 9.59 Å².